The number of esters is 1. The van der Waals surface area contributed by atoms with Crippen molar-refractivity contribution in [2.45, 2.75) is 13.0 Å². The minimum absolute atomic E-state index is 0.288. The summed E-state index contributed by atoms with van der Waals surface area (Å²) in [5.74, 6) is -0.752. The molecule has 0 saturated carbocycles. The first kappa shape index (κ1) is 13.1. The number of aryl methyl sites for hydroxylation is 1. The molecule has 2 aromatic rings. The predicted octanol–water partition coefficient (Wildman–Crippen LogP) is 1.47. The first-order chi connectivity index (χ1) is 9.02. The maximum Gasteiger partial charge on any atom is 0.328 e. The minimum Gasteiger partial charge on any atom is -0.467 e. The van der Waals surface area contributed by atoms with E-state index >= 15 is 0 Å². The number of benzene rings is 1. The Bertz CT molecular complexity index is 631. The highest BCUT2D eigenvalue weighted by molar-refractivity contribution is 5.99. The van der Waals surface area contributed by atoms with Gasteiger partial charge in [0.05, 0.1) is 7.11 Å². The highest BCUT2D eigenvalue weighted by Crippen LogP contribution is 2.16. The Kier molecular flexibility index (Phi) is 3.55. The number of carbonyl (C=O) groups excluding carboxylic acids is 2. The van der Waals surface area contributed by atoms with E-state index in [9.17, 15) is 9.59 Å². The van der Waals surface area contributed by atoms with Gasteiger partial charge in [-0.1, -0.05) is 0 Å². The van der Waals surface area contributed by atoms with Crippen LogP contribution in [0, 0.1) is 0 Å². The summed E-state index contributed by atoms with van der Waals surface area (Å²) >= 11 is 0. The van der Waals surface area contributed by atoms with E-state index in [4.69, 9.17) is 0 Å². The van der Waals surface area contributed by atoms with Crippen molar-refractivity contribution in [1.29, 1.82) is 0 Å². The standard InChI is InChI=1S/C14H16N2O3/c1-9(14(18)19-3)15-13(17)11-4-5-12-10(8-11)6-7-16(12)2/h4-9H,1-3H3,(H,15,17). The molecule has 1 amide bonds. The smallest absolute Gasteiger partial charge is 0.328 e. The summed E-state index contributed by atoms with van der Waals surface area (Å²) in [5.41, 5.74) is 1.58. The number of nitrogens with one attached hydrogen (secondary N) is 1. The molecule has 0 saturated heterocycles. The van der Waals surface area contributed by atoms with Crippen LogP contribution in [0.1, 0.15) is 17.3 Å². The monoisotopic (exact) mass is 260 g/mol. The molecule has 0 radical (unpaired) electrons. The molecule has 0 aliphatic carbocycles. The van der Waals surface area contributed by atoms with Crippen LogP contribution in [-0.2, 0) is 16.6 Å². The minimum atomic E-state index is -0.663. The molecule has 100 valence electrons. The number of fused-ring (bicyclic) bond motifs is 1. The van der Waals surface area contributed by atoms with E-state index in [0.717, 1.165) is 10.9 Å². The fourth-order valence-corrected chi connectivity index (χ4v) is 1.94. The Labute approximate surface area is 111 Å². The molecule has 1 aromatic heterocycles. The van der Waals surface area contributed by atoms with E-state index < -0.39 is 12.0 Å². The summed E-state index contributed by atoms with van der Waals surface area (Å²) in [7, 11) is 3.24. The van der Waals surface area contributed by atoms with E-state index in [0.29, 0.717) is 5.56 Å². The third kappa shape index (κ3) is 2.59. The van der Waals surface area contributed by atoms with Crippen LogP contribution in [0.2, 0.25) is 0 Å². The van der Waals surface area contributed by atoms with Crippen LogP contribution < -0.4 is 5.32 Å². The number of hydrogen-bond acceptors (Lipinski definition) is 3. The summed E-state index contributed by atoms with van der Waals surface area (Å²) in [4.78, 5) is 23.3. The maximum absolute atomic E-state index is 12.0. The maximum atomic E-state index is 12.0. The van der Waals surface area contributed by atoms with Crippen molar-refractivity contribution < 1.29 is 14.3 Å². The molecule has 0 aliphatic heterocycles. The van der Waals surface area contributed by atoms with Crippen molar-refractivity contribution in [3.05, 3.63) is 36.0 Å². The number of methoxy groups -OCH3 is 1. The fourth-order valence-electron chi connectivity index (χ4n) is 1.94. The lowest BCUT2D eigenvalue weighted by Crippen LogP contribution is -2.39. The van der Waals surface area contributed by atoms with Gasteiger partial charge in [-0.25, -0.2) is 4.79 Å². The first-order valence-electron chi connectivity index (χ1n) is 5.96. The SMILES string of the molecule is COC(=O)C(C)NC(=O)c1ccc2c(ccn2C)c1. The molecule has 2 rings (SSSR count). The van der Waals surface area contributed by atoms with Gasteiger partial charge >= 0.3 is 5.97 Å². The molecule has 0 bridgehead atoms. The van der Waals surface area contributed by atoms with Crippen molar-refractivity contribution in [1.82, 2.24) is 9.88 Å². The third-order valence-corrected chi connectivity index (χ3v) is 3.05. The molecule has 0 spiro atoms. The normalized spacial score (nSPS) is 12.2. The highest BCUT2D eigenvalue weighted by Gasteiger charge is 2.17. The van der Waals surface area contributed by atoms with Gasteiger partial charge in [0.1, 0.15) is 6.04 Å². The van der Waals surface area contributed by atoms with Crippen LogP contribution in [0.15, 0.2) is 30.5 Å². The number of aromatic nitrogens is 1. The molecule has 1 aromatic carbocycles. The molecule has 19 heavy (non-hydrogen) atoms. The number of ether oxygens (including phenoxy) is 1. The van der Waals surface area contributed by atoms with E-state index in [1.165, 1.54) is 7.11 Å². The van der Waals surface area contributed by atoms with E-state index in [1.807, 2.05) is 29.9 Å². The van der Waals surface area contributed by atoms with Gasteiger partial charge in [-0.2, -0.15) is 0 Å². The van der Waals surface area contributed by atoms with Crippen LogP contribution in [0.5, 0.6) is 0 Å². The highest BCUT2D eigenvalue weighted by atomic mass is 16.5. The second-order valence-electron chi connectivity index (χ2n) is 4.42. The zero-order valence-corrected chi connectivity index (χ0v) is 11.1. The lowest BCUT2D eigenvalue weighted by atomic mass is 10.1. The second-order valence-corrected chi connectivity index (χ2v) is 4.42. The van der Waals surface area contributed by atoms with E-state index in [-0.39, 0.29) is 5.91 Å². The molecule has 1 heterocycles. The van der Waals surface area contributed by atoms with Gasteiger partial charge in [-0.15, -0.1) is 0 Å². The number of nitrogens with zero attached hydrogens (tertiary/aromatic N) is 1. The predicted molar refractivity (Wildman–Crippen MR) is 71.9 cm³/mol. The topological polar surface area (TPSA) is 60.3 Å². The summed E-state index contributed by atoms with van der Waals surface area (Å²) in [6.07, 6.45) is 1.93. The van der Waals surface area contributed by atoms with Gasteiger partial charge in [0.25, 0.3) is 5.91 Å². The van der Waals surface area contributed by atoms with Crippen molar-refractivity contribution in [2.75, 3.05) is 7.11 Å². The van der Waals surface area contributed by atoms with Gasteiger partial charge in [0.15, 0.2) is 0 Å². The molecular formula is C14H16N2O3. The molecule has 0 aliphatic rings. The molecule has 0 fully saturated rings. The second kappa shape index (κ2) is 5.14. The van der Waals surface area contributed by atoms with Crippen molar-refractivity contribution >= 4 is 22.8 Å². The van der Waals surface area contributed by atoms with E-state index in [1.54, 1.807) is 19.1 Å². The van der Waals surface area contributed by atoms with Crippen molar-refractivity contribution in [3.63, 3.8) is 0 Å². The third-order valence-electron chi connectivity index (χ3n) is 3.05. The zero-order chi connectivity index (χ0) is 14.0. The van der Waals surface area contributed by atoms with Gasteiger partial charge < -0.3 is 14.6 Å². The van der Waals surface area contributed by atoms with Crippen LogP contribution in [0.3, 0.4) is 0 Å². The van der Waals surface area contributed by atoms with Gasteiger partial charge in [-0.05, 0) is 31.2 Å². The Balaban J connectivity index is 2.19. The Hall–Kier alpha value is -2.30. The number of hydrogen-bond donors (Lipinski definition) is 1. The van der Waals surface area contributed by atoms with Gasteiger partial charge in [0, 0.05) is 29.7 Å². The molecule has 1 unspecified atom stereocenters. The fraction of sp³-hybridized carbons (Fsp3) is 0.286. The van der Waals surface area contributed by atoms with Crippen LogP contribution in [0.25, 0.3) is 10.9 Å². The number of carbonyl (C=O) groups is 2. The summed E-state index contributed by atoms with van der Waals surface area (Å²) in [6, 6.07) is 6.70. The summed E-state index contributed by atoms with van der Waals surface area (Å²) < 4.78 is 6.55. The van der Waals surface area contributed by atoms with Crippen molar-refractivity contribution in [3.8, 4) is 0 Å². The lowest BCUT2D eigenvalue weighted by molar-refractivity contribution is -0.142. The molecule has 1 N–H and O–H groups in total. The lowest BCUT2D eigenvalue weighted by Gasteiger charge is -2.11. The van der Waals surface area contributed by atoms with Gasteiger partial charge in [-0.3, -0.25) is 4.79 Å². The van der Waals surface area contributed by atoms with Gasteiger partial charge in [0.2, 0.25) is 0 Å². The molecule has 5 heteroatoms. The molecule has 1 atom stereocenters. The molecular weight excluding hydrogens is 244 g/mol. The van der Waals surface area contributed by atoms with Crippen LogP contribution in [0.4, 0.5) is 0 Å². The Morgan fingerprint density at radius 1 is 1.32 bits per heavy atom. The first-order valence-corrected chi connectivity index (χ1v) is 5.96. The Morgan fingerprint density at radius 3 is 2.74 bits per heavy atom. The largest absolute Gasteiger partial charge is 0.467 e. The van der Waals surface area contributed by atoms with E-state index in [2.05, 4.69) is 10.1 Å². The zero-order valence-electron chi connectivity index (χ0n) is 11.1. The number of amides is 1. The number of rotatable bonds is 3. The quantitative estimate of drug-likeness (QED) is 0.850. The Morgan fingerprint density at radius 2 is 2.05 bits per heavy atom. The summed E-state index contributed by atoms with van der Waals surface area (Å²) in [6.45, 7) is 1.59. The van der Waals surface area contributed by atoms with Crippen LogP contribution >= 0.6 is 0 Å². The van der Waals surface area contributed by atoms with Crippen LogP contribution in [-0.4, -0.2) is 29.6 Å². The average molecular weight is 260 g/mol. The summed E-state index contributed by atoms with van der Waals surface area (Å²) in [5, 5.41) is 3.58. The van der Waals surface area contributed by atoms with Crippen molar-refractivity contribution in [2.24, 2.45) is 7.05 Å². The average Bonchev–Trinajstić information content (AvgIpc) is 2.78. The molecule has 5 nitrogen and oxygen atoms in total.